The van der Waals surface area contributed by atoms with Gasteiger partial charge in [0.25, 0.3) is 0 Å². The summed E-state index contributed by atoms with van der Waals surface area (Å²) in [5.74, 6) is 0. The lowest BCUT2D eigenvalue weighted by Crippen LogP contribution is -2.05. The first kappa shape index (κ1) is 10.3. The molecule has 1 aromatic carbocycles. The van der Waals surface area contributed by atoms with Crippen molar-refractivity contribution in [2.45, 2.75) is 6.42 Å². The molecule has 1 rings (SSSR count). The van der Waals surface area contributed by atoms with Crippen LogP contribution in [0.4, 0.5) is 17.1 Å². The first-order valence-corrected chi connectivity index (χ1v) is 4.00. The third kappa shape index (κ3) is 1.74. The molecule has 1 aromatic rings. The van der Waals surface area contributed by atoms with Gasteiger partial charge in [0.05, 0.1) is 4.92 Å². The van der Waals surface area contributed by atoms with E-state index >= 15 is 0 Å². The molecular formula is C8H11N3O3. The smallest absolute Gasteiger partial charge is 0.315 e. The zero-order valence-corrected chi connectivity index (χ0v) is 7.43. The Morgan fingerprint density at radius 1 is 1.43 bits per heavy atom. The zero-order chi connectivity index (χ0) is 10.7. The van der Waals surface area contributed by atoms with Crippen LogP contribution >= 0.6 is 0 Å². The van der Waals surface area contributed by atoms with Gasteiger partial charge in [-0.2, -0.15) is 0 Å². The molecular weight excluding hydrogens is 186 g/mol. The molecule has 14 heavy (non-hydrogen) atoms. The van der Waals surface area contributed by atoms with E-state index < -0.39 is 4.92 Å². The lowest BCUT2D eigenvalue weighted by atomic mass is 10.1. The summed E-state index contributed by atoms with van der Waals surface area (Å²) in [6.45, 7) is -0.106. The highest BCUT2D eigenvalue weighted by Gasteiger charge is 2.18. The number of nitro benzene ring substituents is 1. The number of nitro groups is 1. The average molecular weight is 197 g/mol. The molecule has 0 spiro atoms. The van der Waals surface area contributed by atoms with Gasteiger partial charge in [-0.25, -0.2) is 0 Å². The number of aliphatic hydroxyl groups excluding tert-OH is 1. The van der Waals surface area contributed by atoms with Gasteiger partial charge in [-0.05, 0) is 18.1 Å². The Labute approximate surface area is 80.3 Å². The van der Waals surface area contributed by atoms with E-state index in [1.54, 1.807) is 6.07 Å². The van der Waals surface area contributed by atoms with Gasteiger partial charge >= 0.3 is 5.69 Å². The number of rotatable bonds is 3. The van der Waals surface area contributed by atoms with Crippen molar-refractivity contribution >= 4 is 17.1 Å². The van der Waals surface area contributed by atoms with E-state index in [0.29, 0.717) is 5.56 Å². The minimum atomic E-state index is -0.620. The number of nitrogens with two attached hydrogens (primary N) is 2. The highest BCUT2D eigenvalue weighted by molar-refractivity contribution is 5.75. The Kier molecular flexibility index (Phi) is 2.88. The summed E-state index contributed by atoms with van der Waals surface area (Å²) in [6, 6.07) is 2.99. The molecule has 0 aromatic heterocycles. The van der Waals surface area contributed by atoms with Crippen LogP contribution in [0.3, 0.4) is 0 Å². The zero-order valence-electron chi connectivity index (χ0n) is 7.43. The fourth-order valence-corrected chi connectivity index (χ4v) is 1.21. The number of nitrogens with zero attached hydrogens (tertiary/aromatic N) is 1. The molecule has 0 fully saturated rings. The predicted octanol–water partition coefficient (Wildman–Crippen LogP) is 0.294. The maximum Gasteiger partial charge on any atom is 0.315 e. The maximum atomic E-state index is 10.6. The third-order valence-electron chi connectivity index (χ3n) is 1.90. The number of hydrogen-bond acceptors (Lipinski definition) is 5. The van der Waals surface area contributed by atoms with Crippen LogP contribution in [-0.2, 0) is 6.42 Å². The molecule has 0 aliphatic heterocycles. The van der Waals surface area contributed by atoms with Gasteiger partial charge in [-0.3, -0.25) is 10.1 Å². The van der Waals surface area contributed by atoms with Gasteiger partial charge in [0.2, 0.25) is 0 Å². The molecule has 0 unspecified atom stereocenters. The van der Waals surface area contributed by atoms with Gasteiger partial charge in [-0.1, -0.05) is 6.07 Å². The van der Waals surface area contributed by atoms with Gasteiger partial charge in [0.15, 0.2) is 0 Å². The summed E-state index contributed by atoms with van der Waals surface area (Å²) < 4.78 is 0. The number of aliphatic hydroxyl groups is 1. The maximum absolute atomic E-state index is 10.6. The molecule has 0 aliphatic rings. The summed E-state index contributed by atoms with van der Waals surface area (Å²) >= 11 is 0. The van der Waals surface area contributed by atoms with Gasteiger partial charge in [-0.15, -0.1) is 0 Å². The molecule has 0 saturated carbocycles. The molecule has 0 bridgehead atoms. The summed E-state index contributed by atoms with van der Waals surface area (Å²) in [7, 11) is 0. The topological polar surface area (TPSA) is 115 Å². The second-order valence-electron chi connectivity index (χ2n) is 2.81. The molecule has 0 aliphatic carbocycles. The van der Waals surface area contributed by atoms with Crippen LogP contribution in [0.25, 0.3) is 0 Å². The van der Waals surface area contributed by atoms with Crippen molar-refractivity contribution in [3.8, 4) is 0 Å². The van der Waals surface area contributed by atoms with Crippen molar-refractivity contribution in [2.24, 2.45) is 0 Å². The SMILES string of the molecule is Nc1ccc(CCO)c(N)c1[N+](=O)[O-]. The van der Waals surface area contributed by atoms with Crippen molar-refractivity contribution in [1.82, 2.24) is 0 Å². The monoisotopic (exact) mass is 197 g/mol. The van der Waals surface area contributed by atoms with Crippen LogP contribution in [0.2, 0.25) is 0 Å². The molecule has 76 valence electrons. The molecule has 5 N–H and O–H groups in total. The van der Waals surface area contributed by atoms with E-state index in [0.717, 1.165) is 0 Å². The summed E-state index contributed by atoms with van der Waals surface area (Å²) in [5, 5.41) is 19.3. The van der Waals surface area contributed by atoms with E-state index in [-0.39, 0.29) is 30.1 Å². The van der Waals surface area contributed by atoms with Crippen molar-refractivity contribution in [2.75, 3.05) is 18.1 Å². The molecule has 0 saturated heterocycles. The van der Waals surface area contributed by atoms with Crippen LogP contribution < -0.4 is 11.5 Å². The molecule has 6 nitrogen and oxygen atoms in total. The highest BCUT2D eigenvalue weighted by atomic mass is 16.6. The van der Waals surface area contributed by atoms with Crippen LogP contribution in [0.5, 0.6) is 0 Å². The first-order chi connectivity index (χ1) is 6.57. The summed E-state index contributed by atoms with van der Waals surface area (Å²) in [4.78, 5) is 9.96. The van der Waals surface area contributed by atoms with Crippen molar-refractivity contribution in [3.63, 3.8) is 0 Å². The van der Waals surface area contributed by atoms with Crippen molar-refractivity contribution < 1.29 is 10.0 Å². The van der Waals surface area contributed by atoms with Crippen molar-refractivity contribution in [3.05, 3.63) is 27.8 Å². The average Bonchev–Trinajstić information content (AvgIpc) is 2.10. The lowest BCUT2D eigenvalue weighted by Gasteiger charge is -2.06. The number of anilines is 2. The second kappa shape index (κ2) is 3.93. The Balaban J connectivity index is 3.26. The summed E-state index contributed by atoms with van der Waals surface area (Å²) in [5.41, 5.74) is 11.3. The van der Waals surface area contributed by atoms with Gasteiger partial charge < -0.3 is 16.6 Å². The lowest BCUT2D eigenvalue weighted by molar-refractivity contribution is -0.383. The van der Waals surface area contributed by atoms with E-state index in [9.17, 15) is 10.1 Å². The van der Waals surface area contributed by atoms with Gasteiger partial charge in [0, 0.05) is 6.61 Å². The summed E-state index contributed by atoms with van der Waals surface area (Å²) in [6.07, 6.45) is 0.285. The van der Waals surface area contributed by atoms with Crippen LogP contribution in [0, 0.1) is 10.1 Å². The van der Waals surface area contributed by atoms with Crippen LogP contribution in [0.1, 0.15) is 5.56 Å². The quantitative estimate of drug-likeness (QED) is 0.366. The normalized spacial score (nSPS) is 10.1. The van der Waals surface area contributed by atoms with Gasteiger partial charge in [0.1, 0.15) is 11.4 Å². The Hall–Kier alpha value is -1.82. The number of nitrogen functional groups attached to an aromatic ring is 2. The van der Waals surface area contributed by atoms with E-state index in [4.69, 9.17) is 16.6 Å². The molecule has 0 amide bonds. The van der Waals surface area contributed by atoms with E-state index in [1.165, 1.54) is 6.07 Å². The van der Waals surface area contributed by atoms with Crippen molar-refractivity contribution in [1.29, 1.82) is 0 Å². The number of hydrogen-bond donors (Lipinski definition) is 3. The fourth-order valence-electron chi connectivity index (χ4n) is 1.21. The fraction of sp³-hybridized carbons (Fsp3) is 0.250. The van der Waals surface area contributed by atoms with E-state index in [2.05, 4.69) is 0 Å². The third-order valence-corrected chi connectivity index (χ3v) is 1.90. The Bertz CT molecular complexity index is 365. The van der Waals surface area contributed by atoms with E-state index in [1.807, 2.05) is 0 Å². The molecule has 6 heteroatoms. The molecule has 0 atom stereocenters. The Morgan fingerprint density at radius 3 is 2.57 bits per heavy atom. The van der Waals surface area contributed by atoms with Crippen LogP contribution in [0.15, 0.2) is 12.1 Å². The Morgan fingerprint density at radius 2 is 2.07 bits per heavy atom. The molecule has 0 heterocycles. The predicted molar refractivity (Wildman–Crippen MR) is 52.7 cm³/mol. The first-order valence-electron chi connectivity index (χ1n) is 4.00. The molecule has 0 radical (unpaired) electrons. The number of benzene rings is 1. The minimum Gasteiger partial charge on any atom is -0.396 e. The largest absolute Gasteiger partial charge is 0.396 e. The minimum absolute atomic E-state index is 0.0315. The van der Waals surface area contributed by atoms with Crippen LogP contribution in [-0.4, -0.2) is 16.6 Å². The standard InChI is InChI=1S/C8H11N3O3/c9-6-2-1-5(3-4-12)7(10)8(6)11(13)14/h1-2,12H,3-4,9-10H2. The second-order valence-corrected chi connectivity index (χ2v) is 2.81. The highest BCUT2D eigenvalue weighted by Crippen LogP contribution is 2.31.